The lowest BCUT2D eigenvalue weighted by Gasteiger charge is -2.15. The molecule has 0 saturated carbocycles. The van der Waals surface area contributed by atoms with E-state index in [1.807, 2.05) is 13.1 Å². The first kappa shape index (κ1) is 14.2. The lowest BCUT2D eigenvalue weighted by atomic mass is 9.95. The Kier molecular flexibility index (Phi) is 5.13. The highest BCUT2D eigenvalue weighted by Crippen LogP contribution is 2.20. The van der Waals surface area contributed by atoms with Crippen molar-refractivity contribution in [2.75, 3.05) is 0 Å². The summed E-state index contributed by atoms with van der Waals surface area (Å²) in [7, 11) is 0. The maximum absolute atomic E-state index is 5.98. The van der Waals surface area contributed by atoms with Crippen LogP contribution in [0.1, 0.15) is 57.5 Å². The fourth-order valence-electron chi connectivity index (χ4n) is 2.17. The predicted molar refractivity (Wildman–Crippen MR) is 73.9 cm³/mol. The molecule has 0 saturated heterocycles. The standard InChI is InChI=1S/C15H26N2/c1-10(2)6-13-8-14(7-11(3)4)15(12(5)16)17-9-13/h8-12H,6-7,16H2,1-5H3. The van der Waals surface area contributed by atoms with Crippen LogP contribution in [0.15, 0.2) is 12.3 Å². The molecule has 0 aliphatic heterocycles. The van der Waals surface area contributed by atoms with Crippen LogP contribution in [-0.4, -0.2) is 4.98 Å². The minimum Gasteiger partial charge on any atom is -0.323 e. The molecule has 0 bridgehead atoms. The van der Waals surface area contributed by atoms with Crippen molar-refractivity contribution in [3.05, 3.63) is 29.1 Å². The molecule has 1 aromatic heterocycles. The van der Waals surface area contributed by atoms with Gasteiger partial charge in [-0.2, -0.15) is 0 Å². The average Bonchev–Trinajstić information content (AvgIpc) is 2.15. The highest BCUT2D eigenvalue weighted by atomic mass is 14.8. The van der Waals surface area contributed by atoms with E-state index in [1.54, 1.807) is 0 Å². The zero-order valence-corrected chi connectivity index (χ0v) is 11.8. The second-order valence-electron chi connectivity index (χ2n) is 5.87. The Hall–Kier alpha value is -0.890. The topological polar surface area (TPSA) is 38.9 Å². The molecule has 1 aromatic rings. The first-order chi connectivity index (χ1) is 7.90. The lowest BCUT2D eigenvalue weighted by Crippen LogP contribution is -2.13. The van der Waals surface area contributed by atoms with Gasteiger partial charge in [0.25, 0.3) is 0 Å². The van der Waals surface area contributed by atoms with Crippen molar-refractivity contribution < 1.29 is 0 Å². The minimum atomic E-state index is 0.0249. The monoisotopic (exact) mass is 234 g/mol. The lowest BCUT2D eigenvalue weighted by molar-refractivity contribution is 0.620. The number of aromatic nitrogens is 1. The van der Waals surface area contributed by atoms with Gasteiger partial charge in [-0.15, -0.1) is 0 Å². The van der Waals surface area contributed by atoms with E-state index in [4.69, 9.17) is 5.73 Å². The van der Waals surface area contributed by atoms with Gasteiger partial charge in [0.15, 0.2) is 0 Å². The Balaban J connectivity index is 3.01. The van der Waals surface area contributed by atoms with E-state index in [1.165, 1.54) is 11.1 Å². The van der Waals surface area contributed by atoms with Gasteiger partial charge in [-0.3, -0.25) is 4.98 Å². The zero-order chi connectivity index (χ0) is 13.0. The number of nitrogens with two attached hydrogens (primary N) is 1. The van der Waals surface area contributed by atoms with Crippen molar-refractivity contribution in [2.45, 2.75) is 53.5 Å². The number of hydrogen-bond donors (Lipinski definition) is 1. The van der Waals surface area contributed by atoms with Crippen LogP contribution in [-0.2, 0) is 12.8 Å². The molecule has 1 heterocycles. The van der Waals surface area contributed by atoms with E-state index in [2.05, 4.69) is 38.7 Å². The van der Waals surface area contributed by atoms with Crippen LogP contribution in [0.2, 0.25) is 0 Å². The Morgan fingerprint density at radius 2 is 1.65 bits per heavy atom. The molecule has 96 valence electrons. The summed E-state index contributed by atoms with van der Waals surface area (Å²) in [5, 5.41) is 0. The first-order valence-corrected chi connectivity index (χ1v) is 6.63. The van der Waals surface area contributed by atoms with Crippen LogP contribution in [0.25, 0.3) is 0 Å². The van der Waals surface area contributed by atoms with Crippen LogP contribution >= 0.6 is 0 Å². The van der Waals surface area contributed by atoms with Crippen molar-refractivity contribution in [2.24, 2.45) is 17.6 Å². The van der Waals surface area contributed by atoms with E-state index in [0.717, 1.165) is 18.5 Å². The summed E-state index contributed by atoms with van der Waals surface area (Å²) in [5.41, 5.74) is 9.70. The third-order valence-electron chi connectivity index (χ3n) is 2.76. The molecule has 0 fully saturated rings. The Labute approximate surface area is 106 Å². The number of nitrogens with zero attached hydrogens (tertiary/aromatic N) is 1. The summed E-state index contributed by atoms with van der Waals surface area (Å²) in [4.78, 5) is 4.56. The van der Waals surface area contributed by atoms with E-state index in [9.17, 15) is 0 Å². The van der Waals surface area contributed by atoms with Gasteiger partial charge in [0.1, 0.15) is 0 Å². The smallest absolute Gasteiger partial charge is 0.0600 e. The normalized spacial score (nSPS) is 13.4. The van der Waals surface area contributed by atoms with Crippen LogP contribution < -0.4 is 5.73 Å². The van der Waals surface area contributed by atoms with Gasteiger partial charge in [0, 0.05) is 12.2 Å². The number of pyridine rings is 1. The second-order valence-corrected chi connectivity index (χ2v) is 5.87. The molecular weight excluding hydrogens is 208 g/mol. The Morgan fingerprint density at radius 1 is 1.06 bits per heavy atom. The van der Waals surface area contributed by atoms with Crippen LogP contribution in [0, 0.1) is 11.8 Å². The first-order valence-electron chi connectivity index (χ1n) is 6.63. The highest BCUT2D eigenvalue weighted by molar-refractivity contribution is 5.28. The maximum atomic E-state index is 5.98. The molecule has 0 spiro atoms. The number of hydrogen-bond acceptors (Lipinski definition) is 2. The van der Waals surface area contributed by atoms with Gasteiger partial charge < -0.3 is 5.73 Å². The van der Waals surface area contributed by atoms with E-state index >= 15 is 0 Å². The van der Waals surface area contributed by atoms with Crippen LogP contribution in [0.5, 0.6) is 0 Å². The van der Waals surface area contributed by atoms with Crippen molar-refractivity contribution in [3.8, 4) is 0 Å². The van der Waals surface area contributed by atoms with Crippen molar-refractivity contribution in [3.63, 3.8) is 0 Å². The summed E-state index contributed by atoms with van der Waals surface area (Å²) < 4.78 is 0. The summed E-state index contributed by atoms with van der Waals surface area (Å²) >= 11 is 0. The summed E-state index contributed by atoms with van der Waals surface area (Å²) in [6.07, 6.45) is 4.15. The van der Waals surface area contributed by atoms with Crippen LogP contribution in [0.4, 0.5) is 0 Å². The zero-order valence-electron chi connectivity index (χ0n) is 11.8. The highest BCUT2D eigenvalue weighted by Gasteiger charge is 2.11. The van der Waals surface area contributed by atoms with E-state index in [-0.39, 0.29) is 6.04 Å². The third-order valence-corrected chi connectivity index (χ3v) is 2.76. The third kappa shape index (κ3) is 4.47. The molecule has 2 N–H and O–H groups in total. The molecule has 0 aromatic carbocycles. The SMILES string of the molecule is CC(C)Cc1cnc(C(C)N)c(CC(C)C)c1. The molecule has 1 rings (SSSR count). The Bertz CT molecular complexity index is 354. The quantitative estimate of drug-likeness (QED) is 0.847. The van der Waals surface area contributed by atoms with Gasteiger partial charge in [0.05, 0.1) is 5.69 Å². The predicted octanol–water partition coefficient (Wildman–Crippen LogP) is 3.50. The van der Waals surface area contributed by atoms with E-state index in [0.29, 0.717) is 11.8 Å². The average molecular weight is 234 g/mol. The maximum Gasteiger partial charge on any atom is 0.0600 e. The largest absolute Gasteiger partial charge is 0.323 e. The van der Waals surface area contributed by atoms with Gasteiger partial charge in [-0.25, -0.2) is 0 Å². The second kappa shape index (κ2) is 6.15. The van der Waals surface area contributed by atoms with E-state index < -0.39 is 0 Å². The van der Waals surface area contributed by atoms with Gasteiger partial charge in [0.2, 0.25) is 0 Å². The molecule has 0 aliphatic rings. The molecule has 0 radical (unpaired) electrons. The van der Waals surface area contributed by atoms with Crippen molar-refractivity contribution in [1.29, 1.82) is 0 Å². The molecular formula is C15H26N2. The molecule has 0 aliphatic carbocycles. The minimum absolute atomic E-state index is 0.0249. The van der Waals surface area contributed by atoms with Gasteiger partial charge in [-0.1, -0.05) is 33.8 Å². The fourth-order valence-corrected chi connectivity index (χ4v) is 2.17. The summed E-state index contributed by atoms with van der Waals surface area (Å²) in [6.45, 7) is 11.0. The van der Waals surface area contributed by atoms with Gasteiger partial charge >= 0.3 is 0 Å². The fraction of sp³-hybridized carbons (Fsp3) is 0.667. The van der Waals surface area contributed by atoms with Crippen molar-refractivity contribution in [1.82, 2.24) is 4.98 Å². The van der Waals surface area contributed by atoms with Crippen molar-refractivity contribution >= 4 is 0 Å². The summed E-state index contributed by atoms with van der Waals surface area (Å²) in [5.74, 6) is 1.31. The molecule has 17 heavy (non-hydrogen) atoms. The summed E-state index contributed by atoms with van der Waals surface area (Å²) in [6, 6.07) is 2.32. The van der Waals surface area contributed by atoms with Gasteiger partial charge in [-0.05, 0) is 42.7 Å². The Morgan fingerprint density at radius 3 is 2.12 bits per heavy atom. The molecule has 2 heteroatoms. The molecule has 2 nitrogen and oxygen atoms in total. The molecule has 1 atom stereocenters. The van der Waals surface area contributed by atoms with Crippen LogP contribution in [0.3, 0.4) is 0 Å². The molecule has 0 amide bonds. The number of rotatable bonds is 5. The molecule has 1 unspecified atom stereocenters.